The van der Waals surface area contributed by atoms with Gasteiger partial charge in [0.25, 0.3) is 0 Å². The summed E-state index contributed by atoms with van der Waals surface area (Å²) in [7, 11) is 1.67. The molecule has 2 aliphatic rings. The zero-order chi connectivity index (χ0) is 24.1. The van der Waals surface area contributed by atoms with Gasteiger partial charge in [-0.3, -0.25) is 10.00 Å². The second kappa shape index (κ2) is 8.62. The van der Waals surface area contributed by atoms with E-state index in [4.69, 9.17) is 14.7 Å². The van der Waals surface area contributed by atoms with Crippen molar-refractivity contribution in [3.8, 4) is 28.3 Å². The van der Waals surface area contributed by atoms with Crippen molar-refractivity contribution in [2.75, 3.05) is 38.2 Å². The van der Waals surface area contributed by atoms with Crippen LogP contribution >= 0.6 is 0 Å². The molecule has 4 aromatic rings. The topological polar surface area (TPSA) is 90.4 Å². The summed E-state index contributed by atoms with van der Waals surface area (Å²) in [6.45, 7) is 7.79. The first kappa shape index (κ1) is 22.0. The van der Waals surface area contributed by atoms with E-state index in [9.17, 15) is 5.11 Å². The number of aromatic amines is 1. The van der Waals surface area contributed by atoms with Gasteiger partial charge in [-0.1, -0.05) is 18.2 Å². The van der Waals surface area contributed by atoms with Gasteiger partial charge < -0.3 is 14.7 Å². The number of aromatic nitrogens is 4. The largest absolute Gasteiger partial charge is 0.494 e. The third kappa shape index (κ3) is 3.83. The molecule has 3 aromatic heterocycles. The number of hydrogen-bond acceptors (Lipinski definition) is 7. The lowest BCUT2D eigenvalue weighted by Gasteiger charge is -2.37. The standard InChI is InChI=1S/C27H30N6O2/c1-16-5-4-6-21(17(16)2)26-23(35-3)12-22-27(29-26)25(31-30-22)18-7-8-24(28-13-18)33-10-9-32-15-20(34)11-19(32)14-33/h4-8,12-13,19-20,34H,9-11,14-15H2,1-3H3,(H,30,31)/t19-,20?/m1/s1. The Morgan fingerprint density at radius 2 is 1.97 bits per heavy atom. The van der Waals surface area contributed by atoms with Crippen molar-refractivity contribution in [3.63, 3.8) is 0 Å². The number of nitrogens with one attached hydrogen (secondary N) is 1. The first-order valence-electron chi connectivity index (χ1n) is 12.1. The fraction of sp³-hybridized carbons (Fsp3) is 0.370. The molecule has 2 fully saturated rings. The maximum Gasteiger partial charge on any atom is 0.147 e. The molecule has 35 heavy (non-hydrogen) atoms. The van der Waals surface area contributed by atoms with Gasteiger partial charge in [-0.25, -0.2) is 9.97 Å². The van der Waals surface area contributed by atoms with E-state index in [1.165, 1.54) is 11.1 Å². The van der Waals surface area contributed by atoms with Crippen molar-refractivity contribution in [3.05, 3.63) is 53.7 Å². The van der Waals surface area contributed by atoms with Crippen LogP contribution in [0.2, 0.25) is 0 Å². The first-order chi connectivity index (χ1) is 17.0. The molecule has 2 saturated heterocycles. The van der Waals surface area contributed by atoms with E-state index in [2.05, 4.69) is 58.1 Å². The fourth-order valence-electron chi connectivity index (χ4n) is 5.42. The van der Waals surface area contributed by atoms with Crippen molar-refractivity contribution in [2.45, 2.75) is 32.4 Å². The second-order valence-corrected chi connectivity index (χ2v) is 9.64. The molecule has 8 nitrogen and oxygen atoms in total. The van der Waals surface area contributed by atoms with Crippen molar-refractivity contribution < 1.29 is 9.84 Å². The highest BCUT2D eigenvalue weighted by atomic mass is 16.5. The summed E-state index contributed by atoms with van der Waals surface area (Å²) in [5.74, 6) is 1.67. The molecule has 2 N–H and O–H groups in total. The van der Waals surface area contributed by atoms with Crippen LogP contribution in [0.15, 0.2) is 42.6 Å². The number of methoxy groups -OCH3 is 1. The minimum atomic E-state index is -0.206. The zero-order valence-corrected chi connectivity index (χ0v) is 20.3. The highest BCUT2D eigenvalue weighted by Crippen LogP contribution is 2.36. The van der Waals surface area contributed by atoms with Crippen LogP contribution in [0.1, 0.15) is 17.5 Å². The summed E-state index contributed by atoms with van der Waals surface area (Å²) in [4.78, 5) is 14.5. The molecule has 180 valence electrons. The van der Waals surface area contributed by atoms with E-state index >= 15 is 0 Å². The highest BCUT2D eigenvalue weighted by molar-refractivity contribution is 5.93. The second-order valence-electron chi connectivity index (χ2n) is 9.64. The van der Waals surface area contributed by atoms with Crippen LogP contribution in [0.3, 0.4) is 0 Å². The molecule has 5 heterocycles. The van der Waals surface area contributed by atoms with E-state index in [1.807, 2.05) is 18.3 Å². The zero-order valence-electron chi connectivity index (χ0n) is 20.3. The van der Waals surface area contributed by atoms with E-state index in [-0.39, 0.29) is 6.10 Å². The van der Waals surface area contributed by atoms with Crippen LogP contribution in [0, 0.1) is 13.8 Å². The molecule has 1 aromatic carbocycles. The summed E-state index contributed by atoms with van der Waals surface area (Å²) in [5, 5.41) is 17.7. The van der Waals surface area contributed by atoms with Gasteiger partial charge in [0.15, 0.2) is 0 Å². The van der Waals surface area contributed by atoms with Crippen LogP contribution in [-0.4, -0.2) is 75.6 Å². The lowest BCUT2D eigenvalue weighted by Crippen LogP contribution is -2.50. The molecule has 8 heteroatoms. The summed E-state index contributed by atoms with van der Waals surface area (Å²) in [6.07, 6.45) is 2.51. The minimum absolute atomic E-state index is 0.206. The van der Waals surface area contributed by atoms with Gasteiger partial charge in [0.2, 0.25) is 0 Å². The molecule has 1 unspecified atom stereocenters. The number of fused-ring (bicyclic) bond motifs is 2. The number of pyridine rings is 2. The van der Waals surface area contributed by atoms with Crippen LogP contribution in [0.5, 0.6) is 5.75 Å². The van der Waals surface area contributed by atoms with Crippen molar-refractivity contribution >= 4 is 16.9 Å². The highest BCUT2D eigenvalue weighted by Gasteiger charge is 2.35. The number of H-pyrrole nitrogens is 1. The third-order valence-corrected chi connectivity index (χ3v) is 7.52. The molecule has 0 saturated carbocycles. The smallest absolute Gasteiger partial charge is 0.147 e. The summed E-state index contributed by atoms with van der Waals surface area (Å²) in [6, 6.07) is 12.7. The number of benzene rings is 1. The van der Waals surface area contributed by atoms with Gasteiger partial charge in [-0.15, -0.1) is 0 Å². The van der Waals surface area contributed by atoms with Gasteiger partial charge in [-0.2, -0.15) is 5.10 Å². The van der Waals surface area contributed by atoms with Crippen molar-refractivity contribution in [1.29, 1.82) is 0 Å². The lowest BCUT2D eigenvalue weighted by molar-refractivity contribution is 0.173. The average Bonchev–Trinajstić information content (AvgIpc) is 3.46. The molecule has 0 amide bonds. The third-order valence-electron chi connectivity index (χ3n) is 7.52. The number of aliphatic hydroxyl groups excluding tert-OH is 1. The normalized spacial score (nSPS) is 20.4. The molecule has 2 aliphatic heterocycles. The Bertz CT molecular complexity index is 1380. The Kier molecular flexibility index (Phi) is 5.42. The molecule has 0 spiro atoms. The minimum Gasteiger partial charge on any atom is -0.494 e. The van der Waals surface area contributed by atoms with Gasteiger partial charge in [0, 0.05) is 55.6 Å². The van der Waals surface area contributed by atoms with Crippen LogP contribution in [0.4, 0.5) is 5.82 Å². The number of anilines is 1. The number of ether oxygens (including phenoxy) is 1. The number of rotatable bonds is 4. The average molecular weight is 471 g/mol. The van der Waals surface area contributed by atoms with Gasteiger partial charge >= 0.3 is 0 Å². The van der Waals surface area contributed by atoms with E-state index in [0.29, 0.717) is 11.8 Å². The van der Waals surface area contributed by atoms with Crippen LogP contribution < -0.4 is 9.64 Å². The molecular weight excluding hydrogens is 440 g/mol. The van der Waals surface area contributed by atoms with Gasteiger partial charge in [0.05, 0.1) is 18.7 Å². The van der Waals surface area contributed by atoms with Crippen molar-refractivity contribution in [2.24, 2.45) is 0 Å². The molecular formula is C27H30N6O2. The molecule has 0 radical (unpaired) electrons. The van der Waals surface area contributed by atoms with Gasteiger partial charge in [-0.05, 0) is 43.5 Å². The van der Waals surface area contributed by atoms with E-state index in [0.717, 1.165) is 72.0 Å². The number of hydrogen-bond donors (Lipinski definition) is 2. The molecule has 0 aliphatic carbocycles. The fourth-order valence-corrected chi connectivity index (χ4v) is 5.42. The number of nitrogens with zero attached hydrogens (tertiary/aromatic N) is 5. The quantitative estimate of drug-likeness (QED) is 0.471. The van der Waals surface area contributed by atoms with Crippen LogP contribution in [-0.2, 0) is 0 Å². The molecule has 6 rings (SSSR count). The Morgan fingerprint density at radius 1 is 1.09 bits per heavy atom. The summed E-state index contributed by atoms with van der Waals surface area (Å²) < 4.78 is 5.69. The number of aryl methyl sites for hydroxylation is 1. The SMILES string of the molecule is COc1cc2[nH]nc(-c3ccc(N4CCN5CC(O)C[C@@H]5C4)nc3)c2nc1-c1cccc(C)c1C. The van der Waals surface area contributed by atoms with E-state index < -0.39 is 0 Å². The Labute approximate surface area is 204 Å². The predicted octanol–water partition coefficient (Wildman–Crippen LogP) is 3.57. The monoisotopic (exact) mass is 470 g/mol. The van der Waals surface area contributed by atoms with Crippen molar-refractivity contribution in [1.82, 2.24) is 25.1 Å². The number of aliphatic hydroxyl groups is 1. The summed E-state index contributed by atoms with van der Waals surface area (Å²) in [5.41, 5.74) is 7.58. The Morgan fingerprint density at radius 3 is 2.77 bits per heavy atom. The Balaban J connectivity index is 1.33. The Hall–Kier alpha value is -3.49. The predicted molar refractivity (Wildman–Crippen MR) is 137 cm³/mol. The number of piperazine rings is 1. The maximum atomic E-state index is 10.00. The lowest BCUT2D eigenvalue weighted by atomic mass is 9.99. The first-order valence-corrected chi connectivity index (χ1v) is 12.1. The van der Waals surface area contributed by atoms with Gasteiger partial charge in [0.1, 0.15) is 28.5 Å². The van der Waals surface area contributed by atoms with E-state index in [1.54, 1.807) is 7.11 Å². The molecule has 2 atom stereocenters. The molecule has 0 bridgehead atoms. The maximum absolute atomic E-state index is 10.00. The summed E-state index contributed by atoms with van der Waals surface area (Å²) >= 11 is 0. The van der Waals surface area contributed by atoms with Crippen LogP contribution in [0.25, 0.3) is 33.5 Å².